The first-order valence-electron chi connectivity index (χ1n) is 17.3. The van der Waals surface area contributed by atoms with E-state index in [9.17, 15) is 24.0 Å². The number of thioether (sulfide) groups is 1. The van der Waals surface area contributed by atoms with Gasteiger partial charge in [0.1, 0.15) is 24.2 Å². The number of likely N-dealkylation sites (N-methyl/N-ethyl adjacent to an activating group) is 1. The molecule has 2 aliphatic heterocycles. The van der Waals surface area contributed by atoms with Gasteiger partial charge in [-0.25, -0.2) is 0 Å². The second-order valence-electron chi connectivity index (χ2n) is 12.8. The van der Waals surface area contributed by atoms with E-state index in [-0.39, 0.29) is 48.1 Å². The largest absolute Gasteiger partial charge is 0.367 e. The molecule has 3 aromatic carbocycles. The first kappa shape index (κ1) is 38.4. The van der Waals surface area contributed by atoms with Gasteiger partial charge in [-0.3, -0.25) is 24.0 Å². The number of hydrogen-bond acceptors (Lipinski definition) is 8. The number of carbonyl (C=O) groups is 5. The summed E-state index contributed by atoms with van der Waals surface area (Å²) in [6.45, 7) is 2.37. The van der Waals surface area contributed by atoms with Gasteiger partial charge in [0.25, 0.3) is 0 Å². The first-order valence-corrected chi connectivity index (χ1v) is 18.8. The maximum atomic E-state index is 13.9. The van der Waals surface area contributed by atoms with Gasteiger partial charge in [-0.1, -0.05) is 97.1 Å². The average Bonchev–Trinajstić information content (AvgIpc) is 3.54. The van der Waals surface area contributed by atoms with Crippen LogP contribution in [0.25, 0.3) is 0 Å². The Hall–Kier alpha value is -4.79. The molecule has 1 unspecified atom stereocenters. The Bertz CT molecular complexity index is 1710. The zero-order chi connectivity index (χ0) is 37.0. The molecule has 0 saturated carbocycles. The van der Waals surface area contributed by atoms with Crippen molar-refractivity contribution in [2.24, 2.45) is 0 Å². The summed E-state index contributed by atoms with van der Waals surface area (Å²) in [5, 5.41) is 17.5. The molecule has 5 rings (SSSR count). The summed E-state index contributed by atoms with van der Waals surface area (Å²) in [5.41, 5.74) is 2.95. The normalized spacial score (nSPS) is 19.9. The predicted molar refractivity (Wildman–Crippen MR) is 205 cm³/mol. The number of nitrogens with zero attached hydrogens (tertiary/aromatic N) is 1. The van der Waals surface area contributed by atoms with Crippen LogP contribution in [0.15, 0.2) is 84.9 Å². The van der Waals surface area contributed by atoms with Crippen LogP contribution >= 0.6 is 24.0 Å². The van der Waals surface area contributed by atoms with Gasteiger partial charge in [0.05, 0.1) is 16.4 Å². The predicted octanol–water partition coefficient (Wildman–Crippen LogP) is 2.61. The highest BCUT2D eigenvalue weighted by atomic mass is 32.2. The topological polar surface area (TPSA) is 161 Å². The van der Waals surface area contributed by atoms with Crippen LogP contribution in [0.3, 0.4) is 0 Å². The molecule has 12 nitrogen and oxygen atoms in total. The Kier molecular flexibility index (Phi) is 13.8. The van der Waals surface area contributed by atoms with Crippen molar-refractivity contribution in [2.45, 2.75) is 74.9 Å². The lowest BCUT2D eigenvalue weighted by atomic mass is 10.0. The average molecular weight is 744 g/mol. The molecule has 2 aliphatic rings. The standard InChI is InChI=1S/C38H45N7O5S2/c1-24(39-2)37(51)43-29-19-20-52-31-18-17-30(45(31)38(29)50)34(47)44-33(28-11-7-4-8-12-28)36(49)41-22-26-15-13-25(14-16-26)21-40-35(48)32(42-23-46)27-9-5-3-6-10-27/h3-16,23-24,29-33,39H,17-22H2,1-2H3,(H,40,48)(H,41,49)(H,42,46)(H,43,51)(H,44,47)/t24-,29-,30-,31?,32-,33+/m0/s1. The van der Waals surface area contributed by atoms with Crippen molar-refractivity contribution in [1.29, 1.82) is 0 Å². The van der Waals surface area contributed by atoms with Crippen LogP contribution in [0, 0.1) is 0 Å². The minimum absolute atomic E-state index is 0.103. The van der Waals surface area contributed by atoms with Crippen molar-refractivity contribution in [1.82, 2.24) is 36.8 Å². The van der Waals surface area contributed by atoms with Gasteiger partial charge in [-0.05, 0) is 61.2 Å². The summed E-state index contributed by atoms with van der Waals surface area (Å²) in [7, 11) is 1.80. The molecule has 5 amide bonds. The van der Waals surface area contributed by atoms with Crippen molar-refractivity contribution in [3.63, 3.8) is 0 Å². The lowest BCUT2D eigenvalue weighted by Crippen LogP contribution is -2.56. The van der Waals surface area contributed by atoms with Gasteiger partial charge in [-0.2, -0.15) is 0 Å². The van der Waals surface area contributed by atoms with Crippen molar-refractivity contribution in [3.8, 4) is 0 Å². The fourth-order valence-corrected chi connectivity index (χ4v) is 7.88. The maximum Gasteiger partial charge on any atom is 0.247 e. The number of thiocarbonyl (C=S) groups is 1. The van der Waals surface area contributed by atoms with Crippen molar-refractivity contribution in [3.05, 3.63) is 107 Å². The lowest BCUT2D eigenvalue weighted by molar-refractivity contribution is -0.141. The van der Waals surface area contributed by atoms with Gasteiger partial charge in [0, 0.05) is 13.1 Å². The molecule has 274 valence electrons. The minimum Gasteiger partial charge on any atom is -0.367 e. The number of rotatable bonds is 15. The van der Waals surface area contributed by atoms with Crippen LogP contribution in [-0.4, -0.2) is 76.2 Å². The highest BCUT2D eigenvalue weighted by Gasteiger charge is 2.45. The van der Waals surface area contributed by atoms with Crippen LogP contribution in [-0.2, 0) is 37.1 Å². The van der Waals surface area contributed by atoms with Crippen LogP contribution in [0.2, 0.25) is 0 Å². The van der Waals surface area contributed by atoms with E-state index in [1.165, 1.54) is 0 Å². The molecule has 0 spiro atoms. The van der Waals surface area contributed by atoms with E-state index in [2.05, 4.69) is 31.9 Å². The minimum atomic E-state index is -0.979. The van der Waals surface area contributed by atoms with Gasteiger partial charge >= 0.3 is 0 Å². The smallest absolute Gasteiger partial charge is 0.247 e. The molecule has 14 heteroatoms. The highest BCUT2D eigenvalue weighted by Crippen LogP contribution is 2.36. The van der Waals surface area contributed by atoms with E-state index in [1.54, 1.807) is 60.1 Å². The molecule has 6 atom stereocenters. The number of nitrogens with one attached hydrogen (secondary N) is 6. The van der Waals surface area contributed by atoms with E-state index < -0.39 is 24.2 Å². The SMILES string of the molecule is CN[C@@H](C)C(=S)N[C@H]1CCSC2CC[C@@H](C(=O)N[C@@H](C(=O)NCc3ccc(CNC(=O)[C@@H](NC=O)c4ccccc4)cc3)c3ccccc3)N2C1=O. The van der Waals surface area contributed by atoms with E-state index in [0.29, 0.717) is 41.8 Å². The Morgan fingerprint density at radius 3 is 1.96 bits per heavy atom. The molecular weight excluding hydrogens is 699 g/mol. The summed E-state index contributed by atoms with van der Waals surface area (Å²) < 4.78 is 0. The molecular formula is C38H45N7O5S2. The van der Waals surface area contributed by atoms with Crippen LogP contribution in [0.5, 0.6) is 0 Å². The fraction of sp³-hybridized carbons (Fsp3) is 0.368. The van der Waals surface area contributed by atoms with Crippen LogP contribution in [0.4, 0.5) is 0 Å². The summed E-state index contributed by atoms with van der Waals surface area (Å²) >= 11 is 7.18. The van der Waals surface area contributed by atoms with Gasteiger partial charge in [0.15, 0.2) is 0 Å². The molecule has 6 N–H and O–H groups in total. The number of benzene rings is 3. The van der Waals surface area contributed by atoms with Gasteiger partial charge < -0.3 is 36.8 Å². The molecule has 2 saturated heterocycles. The molecule has 0 radical (unpaired) electrons. The summed E-state index contributed by atoms with van der Waals surface area (Å²) in [6.07, 6.45) is 2.28. The number of hydrogen-bond donors (Lipinski definition) is 6. The number of fused-ring (bicyclic) bond motifs is 1. The summed E-state index contributed by atoms with van der Waals surface area (Å²) in [4.78, 5) is 67.6. The molecule has 0 aliphatic carbocycles. The van der Waals surface area contributed by atoms with Crippen LogP contribution < -0.4 is 31.9 Å². The number of carbonyl (C=O) groups excluding carboxylic acids is 5. The lowest BCUT2D eigenvalue weighted by Gasteiger charge is -2.31. The van der Waals surface area contributed by atoms with Crippen molar-refractivity contribution < 1.29 is 24.0 Å². The Labute approximate surface area is 313 Å². The quantitative estimate of drug-likeness (QED) is 0.102. The molecule has 0 aromatic heterocycles. The number of amides is 5. The van der Waals surface area contributed by atoms with E-state index in [0.717, 1.165) is 16.9 Å². The molecule has 3 aromatic rings. The molecule has 2 fully saturated rings. The Balaban J connectivity index is 1.20. The molecule has 0 bridgehead atoms. The highest BCUT2D eigenvalue weighted by molar-refractivity contribution is 7.99. The van der Waals surface area contributed by atoms with E-state index in [4.69, 9.17) is 12.2 Å². The third-order valence-electron chi connectivity index (χ3n) is 9.32. The van der Waals surface area contributed by atoms with E-state index >= 15 is 0 Å². The first-order chi connectivity index (χ1) is 25.2. The van der Waals surface area contributed by atoms with Gasteiger partial charge in [-0.15, -0.1) is 11.8 Å². The summed E-state index contributed by atoms with van der Waals surface area (Å²) in [5.74, 6) is -0.501. The third kappa shape index (κ3) is 9.75. The van der Waals surface area contributed by atoms with Crippen molar-refractivity contribution >= 4 is 59.0 Å². The van der Waals surface area contributed by atoms with E-state index in [1.807, 2.05) is 55.5 Å². The van der Waals surface area contributed by atoms with Crippen LogP contribution in [0.1, 0.15) is 60.5 Å². The second kappa shape index (κ2) is 18.6. The zero-order valence-corrected chi connectivity index (χ0v) is 30.8. The maximum absolute atomic E-state index is 13.9. The molecule has 52 heavy (non-hydrogen) atoms. The third-order valence-corrected chi connectivity index (χ3v) is 11.1. The Morgan fingerprint density at radius 2 is 1.40 bits per heavy atom. The second-order valence-corrected chi connectivity index (χ2v) is 14.5. The monoisotopic (exact) mass is 743 g/mol. The van der Waals surface area contributed by atoms with Crippen molar-refractivity contribution in [2.75, 3.05) is 12.8 Å². The zero-order valence-electron chi connectivity index (χ0n) is 29.2. The Morgan fingerprint density at radius 1 is 0.846 bits per heavy atom. The van der Waals surface area contributed by atoms with Gasteiger partial charge in [0.2, 0.25) is 30.0 Å². The molecule has 2 heterocycles. The fourth-order valence-electron chi connectivity index (χ4n) is 6.26. The summed E-state index contributed by atoms with van der Waals surface area (Å²) in [6, 6.07) is 22.3.